The lowest BCUT2D eigenvalue weighted by molar-refractivity contribution is -0.144. The van der Waals surface area contributed by atoms with Crippen LogP contribution in [-0.2, 0) is 10.2 Å². The van der Waals surface area contributed by atoms with Crippen LogP contribution in [0.4, 0.5) is 5.82 Å². The van der Waals surface area contributed by atoms with E-state index in [1.165, 1.54) is 11.1 Å². The van der Waals surface area contributed by atoms with E-state index in [4.69, 9.17) is 5.73 Å². The molecule has 1 spiro atoms. The molecule has 0 bridgehead atoms. The Kier molecular flexibility index (Phi) is 3.81. The topological polar surface area (TPSA) is 79.5 Å². The van der Waals surface area contributed by atoms with E-state index in [2.05, 4.69) is 41.4 Å². The molecule has 2 aliphatic rings. The minimum atomic E-state index is -0.843. The number of likely N-dealkylation sites (tertiary alicyclic amines) is 1. The lowest BCUT2D eigenvalue weighted by atomic mass is 9.74. The third-order valence-corrected chi connectivity index (χ3v) is 5.49. The average molecular weight is 335 g/mol. The number of nitrogens with zero attached hydrogens (tertiary/aromatic N) is 2. The average Bonchev–Trinajstić information content (AvgIpc) is 2.97. The van der Waals surface area contributed by atoms with Crippen LogP contribution in [0.15, 0.2) is 48.7 Å². The molecule has 128 valence electrons. The predicted molar refractivity (Wildman–Crippen MR) is 97.0 cm³/mol. The van der Waals surface area contributed by atoms with Crippen LogP contribution in [0.3, 0.4) is 0 Å². The lowest BCUT2D eigenvalue weighted by Crippen LogP contribution is -2.44. The maximum absolute atomic E-state index is 11.9. The van der Waals surface area contributed by atoms with Crippen LogP contribution in [0.5, 0.6) is 0 Å². The van der Waals surface area contributed by atoms with Crippen molar-refractivity contribution in [1.82, 2.24) is 9.88 Å². The van der Waals surface area contributed by atoms with Crippen molar-refractivity contribution in [3.63, 3.8) is 0 Å². The summed E-state index contributed by atoms with van der Waals surface area (Å²) in [5.74, 6) is -0.442. The fourth-order valence-corrected chi connectivity index (χ4v) is 4.14. The monoisotopic (exact) mass is 335 g/mol. The molecule has 2 heterocycles. The molecule has 1 saturated heterocycles. The van der Waals surface area contributed by atoms with Gasteiger partial charge in [-0.3, -0.25) is 9.69 Å². The number of piperidine rings is 1. The smallest absolute Gasteiger partial charge is 0.325 e. The molecule has 0 unspecified atom stereocenters. The van der Waals surface area contributed by atoms with Crippen molar-refractivity contribution in [3.05, 3.63) is 65.4 Å². The molecule has 0 radical (unpaired) electrons. The van der Waals surface area contributed by atoms with E-state index in [0.717, 1.165) is 25.9 Å². The van der Waals surface area contributed by atoms with Crippen molar-refractivity contribution in [1.29, 1.82) is 0 Å². The van der Waals surface area contributed by atoms with E-state index < -0.39 is 12.0 Å². The first-order chi connectivity index (χ1) is 12.1. The highest BCUT2D eigenvalue weighted by atomic mass is 16.4. The number of hydrogen-bond donors (Lipinski definition) is 2. The molecule has 25 heavy (non-hydrogen) atoms. The number of nitrogen functional groups attached to an aromatic ring is 1. The van der Waals surface area contributed by atoms with Gasteiger partial charge >= 0.3 is 5.97 Å². The number of pyridine rings is 1. The van der Waals surface area contributed by atoms with E-state index in [1.807, 2.05) is 4.90 Å². The minimum absolute atomic E-state index is 0.0511. The van der Waals surface area contributed by atoms with Crippen LogP contribution in [0.1, 0.15) is 35.6 Å². The Morgan fingerprint density at radius 2 is 1.96 bits per heavy atom. The van der Waals surface area contributed by atoms with Gasteiger partial charge in [0.1, 0.15) is 11.9 Å². The van der Waals surface area contributed by atoms with Crippen molar-refractivity contribution in [2.24, 2.45) is 0 Å². The summed E-state index contributed by atoms with van der Waals surface area (Å²) in [6.07, 6.45) is 7.92. The normalized spacial score (nSPS) is 19.7. The first kappa shape index (κ1) is 15.8. The molecule has 1 aliphatic heterocycles. The number of aromatic nitrogens is 1. The Morgan fingerprint density at radius 3 is 2.64 bits per heavy atom. The van der Waals surface area contributed by atoms with Gasteiger partial charge in [-0.25, -0.2) is 4.98 Å². The molecule has 5 nitrogen and oxygen atoms in total. The van der Waals surface area contributed by atoms with Gasteiger partial charge in [0.05, 0.1) is 0 Å². The van der Waals surface area contributed by atoms with Gasteiger partial charge in [0, 0.05) is 24.7 Å². The van der Waals surface area contributed by atoms with E-state index >= 15 is 0 Å². The predicted octanol–water partition coefficient (Wildman–Crippen LogP) is 2.85. The molecule has 1 aliphatic carbocycles. The number of aliphatic carboxylic acids is 1. The molecule has 3 N–H and O–H groups in total. The standard InChI is InChI=1S/C20H21N3O2/c21-17-6-5-15(13-22-17)18(19(24)25)23-11-9-20(10-12-23)8-7-14-3-1-2-4-16(14)20/h1-8,13,18H,9-12H2,(H2,21,22)(H,24,25)/t18-/m1/s1. The number of carboxylic acid groups (broad SMARTS) is 1. The maximum atomic E-state index is 11.9. The number of hydrogen-bond acceptors (Lipinski definition) is 4. The summed E-state index contributed by atoms with van der Waals surface area (Å²) in [7, 11) is 0. The van der Waals surface area contributed by atoms with Crippen molar-refractivity contribution < 1.29 is 9.90 Å². The quantitative estimate of drug-likeness (QED) is 0.902. The molecule has 1 atom stereocenters. The Balaban J connectivity index is 1.56. The highest BCUT2D eigenvalue weighted by Crippen LogP contribution is 2.44. The van der Waals surface area contributed by atoms with Gasteiger partial charge in [0.25, 0.3) is 0 Å². The summed E-state index contributed by atoms with van der Waals surface area (Å²) in [6.45, 7) is 1.47. The Bertz CT molecular complexity index is 821. The van der Waals surface area contributed by atoms with Crippen LogP contribution in [-0.4, -0.2) is 34.0 Å². The number of fused-ring (bicyclic) bond motifs is 2. The maximum Gasteiger partial charge on any atom is 0.325 e. The second kappa shape index (κ2) is 6.01. The van der Waals surface area contributed by atoms with Crippen molar-refractivity contribution in [3.8, 4) is 0 Å². The molecular formula is C20H21N3O2. The molecule has 2 aromatic rings. The SMILES string of the molecule is Nc1ccc([C@H](C(=O)O)N2CCC3(C=Cc4ccccc43)CC2)cn1. The number of benzene rings is 1. The van der Waals surface area contributed by atoms with Crippen molar-refractivity contribution in [2.75, 3.05) is 18.8 Å². The third kappa shape index (κ3) is 2.70. The Hall–Kier alpha value is -2.66. The van der Waals surface area contributed by atoms with Gasteiger partial charge in [0.15, 0.2) is 0 Å². The zero-order valence-corrected chi connectivity index (χ0v) is 13.9. The lowest BCUT2D eigenvalue weighted by Gasteiger charge is -2.41. The highest BCUT2D eigenvalue weighted by Gasteiger charge is 2.40. The van der Waals surface area contributed by atoms with Gasteiger partial charge in [-0.2, -0.15) is 0 Å². The van der Waals surface area contributed by atoms with Crippen LogP contribution in [0.25, 0.3) is 6.08 Å². The number of rotatable bonds is 3. The summed E-state index contributed by atoms with van der Waals surface area (Å²) in [6, 6.07) is 11.2. The second-order valence-corrected chi connectivity index (χ2v) is 6.87. The first-order valence-corrected chi connectivity index (χ1v) is 8.56. The highest BCUT2D eigenvalue weighted by molar-refractivity contribution is 5.75. The fourth-order valence-electron chi connectivity index (χ4n) is 4.14. The number of nitrogens with two attached hydrogens (primary N) is 1. The summed E-state index contributed by atoms with van der Waals surface area (Å²) in [5.41, 5.74) is 9.01. The van der Waals surface area contributed by atoms with Gasteiger partial charge in [0.2, 0.25) is 0 Å². The number of anilines is 1. The van der Waals surface area contributed by atoms with Crippen molar-refractivity contribution in [2.45, 2.75) is 24.3 Å². The van der Waals surface area contributed by atoms with Crippen LogP contribution in [0, 0.1) is 0 Å². The molecule has 1 aromatic carbocycles. The van der Waals surface area contributed by atoms with Gasteiger partial charge < -0.3 is 10.8 Å². The van der Waals surface area contributed by atoms with E-state index in [9.17, 15) is 9.90 Å². The number of carboxylic acids is 1. The molecule has 1 aromatic heterocycles. The third-order valence-electron chi connectivity index (χ3n) is 5.49. The molecular weight excluding hydrogens is 314 g/mol. The summed E-state index contributed by atoms with van der Waals surface area (Å²) in [5, 5.41) is 9.75. The van der Waals surface area contributed by atoms with Gasteiger partial charge in [-0.05, 0) is 35.6 Å². The zero-order valence-electron chi connectivity index (χ0n) is 13.9. The number of carbonyl (C=O) groups is 1. The van der Waals surface area contributed by atoms with Gasteiger partial charge in [-0.1, -0.05) is 42.5 Å². The molecule has 5 heteroatoms. The largest absolute Gasteiger partial charge is 0.480 e. The molecule has 0 amide bonds. The van der Waals surface area contributed by atoms with E-state index in [0.29, 0.717) is 11.4 Å². The second-order valence-electron chi connectivity index (χ2n) is 6.87. The van der Waals surface area contributed by atoms with Crippen LogP contribution in [0.2, 0.25) is 0 Å². The fraction of sp³-hybridized carbons (Fsp3) is 0.300. The first-order valence-electron chi connectivity index (χ1n) is 8.56. The zero-order chi connectivity index (χ0) is 17.4. The van der Waals surface area contributed by atoms with Crippen LogP contribution < -0.4 is 5.73 Å². The summed E-state index contributed by atoms with van der Waals surface area (Å²) in [4.78, 5) is 18.0. The summed E-state index contributed by atoms with van der Waals surface area (Å²) >= 11 is 0. The van der Waals surface area contributed by atoms with E-state index in [-0.39, 0.29) is 5.41 Å². The summed E-state index contributed by atoms with van der Waals surface area (Å²) < 4.78 is 0. The molecule has 4 rings (SSSR count). The Labute approximate surface area is 146 Å². The number of allylic oxidation sites excluding steroid dienone is 1. The van der Waals surface area contributed by atoms with Gasteiger partial charge in [-0.15, -0.1) is 0 Å². The Morgan fingerprint density at radius 1 is 1.20 bits per heavy atom. The minimum Gasteiger partial charge on any atom is -0.480 e. The van der Waals surface area contributed by atoms with Crippen molar-refractivity contribution >= 4 is 17.9 Å². The van der Waals surface area contributed by atoms with E-state index in [1.54, 1.807) is 18.3 Å². The molecule has 1 fully saturated rings. The van der Waals surface area contributed by atoms with Crippen LogP contribution >= 0.6 is 0 Å². The molecule has 0 saturated carbocycles.